The minimum absolute atomic E-state index is 0.0291. The molecule has 15 rings (SSSR count). The van der Waals surface area contributed by atoms with E-state index in [-0.39, 0.29) is 23.1 Å². The average molecular weight is 1280 g/mol. The van der Waals surface area contributed by atoms with Crippen molar-refractivity contribution in [2.75, 3.05) is 9.80 Å². The quantitative estimate of drug-likeness (QED) is 0.135. The molecule has 11 aromatic carbocycles. The second-order valence-electron chi connectivity index (χ2n) is 22.5. The van der Waals surface area contributed by atoms with E-state index >= 15 is 0 Å². The monoisotopic (exact) mass is 1280 g/mol. The van der Waals surface area contributed by atoms with Crippen molar-refractivity contribution in [1.82, 2.24) is 14.1 Å². The molecule has 6 nitrogen and oxygen atoms in total. The minimum atomic E-state index is -0.915. The van der Waals surface area contributed by atoms with Gasteiger partial charge in [0, 0.05) is 28.8 Å². The molecule has 0 radical (unpaired) electrons. The number of hydrogen-bond donors (Lipinski definition) is 0. The molecule has 1 spiro atoms. The zero-order chi connectivity index (χ0) is 61.7. The van der Waals surface area contributed by atoms with E-state index in [9.17, 15) is 0 Å². The van der Waals surface area contributed by atoms with Gasteiger partial charge >= 0.3 is 306 Å². The van der Waals surface area contributed by atoms with E-state index in [1.165, 1.54) is 5.56 Å². The van der Waals surface area contributed by atoms with Gasteiger partial charge in [-0.25, -0.2) is 0 Å². The summed E-state index contributed by atoms with van der Waals surface area (Å²) in [5, 5.41) is 0. The molecule has 13 aromatic rings. The van der Waals surface area contributed by atoms with E-state index in [2.05, 4.69) is 277 Å². The zero-order valence-electron chi connectivity index (χ0n) is 52.1. The molecule has 7 heteroatoms. The van der Waals surface area contributed by atoms with Crippen LogP contribution in [-0.4, -0.2) is 14.1 Å². The second-order valence-corrected chi connectivity index (χ2v) is 23.6. The van der Waals surface area contributed by atoms with Gasteiger partial charge in [0.2, 0.25) is 0 Å². The van der Waals surface area contributed by atoms with Gasteiger partial charge in [0.1, 0.15) is 0 Å². The Labute approximate surface area is 514 Å². The summed E-state index contributed by atoms with van der Waals surface area (Å²) in [6.07, 6.45) is 1.62. The average Bonchev–Trinajstić information content (AvgIpc) is 0.839. The molecule has 85 heavy (non-hydrogen) atoms. The molecule has 0 saturated carbocycles. The Balaban J connectivity index is 0.915. The van der Waals surface area contributed by atoms with Crippen LogP contribution < -0.4 is 14.5 Å². The van der Waals surface area contributed by atoms with Crippen LogP contribution in [0.2, 0.25) is 0 Å². The number of aryl methyl sites for hydroxylation is 1. The Morgan fingerprint density at radius 2 is 1.04 bits per heavy atom. The van der Waals surface area contributed by atoms with Crippen molar-refractivity contribution in [1.29, 1.82) is 0 Å². The number of pyridine rings is 1. The summed E-state index contributed by atoms with van der Waals surface area (Å²) >= 11 is 2.46. The molecule has 0 bridgehead atoms. The first-order valence-corrected chi connectivity index (χ1v) is 29.6. The Morgan fingerprint density at radius 3 is 1.64 bits per heavy atom. The summed E-state index contributed by atoms with van der Waals surface area (Å²) in [6.45, 7) is 8.61. The van der Waals surface area contributed by atoms with Crippen LogP contribution in [0, 0.1) is 22.9 Å². The van der Waals surface area contributed by atoms with E-state index in [1.54, 1.807) is 6.20 Å². The van der Waals surface area contributed by atoms with Gasteiger partial charge in [-0.05, 0) is 53.3 Å². The number of fused-ring (bicyclic) bond motifs is 9. The number of anilines is 6. The molecule has 0 fully saturated rings. The summed E-state index contributed by atoms with van der Waals surface area (Å²) in [5.41, 5.74) is 18.6. The van der Waals surface area contributed by atoms with E-state index in [1.807, 2.05) is 37.3 Å². The van der Waals surface area contributed by atoms with E-state index in [0.29, 0.717) is 34.1 Å². The van der Waals surface area contributed by atoms with Crippen LogP contribution in [0.4, 0.5) is 34.3 Å². The van der Waals surface area contributed by atoms with Crippen LogP contribution in [0.1, 0.15) is 61.0 Å². The third kappa shape index (κ3) is 8.57. The summed E-state index contributed by atoms with van der Waals surface area (Å²) in [4.78, 5) is 9.67. The maximum absolute atomic E-state index is 8.94. The first kappa shape index (κ1) is 46.6. The number of ether oxygens (including phenoxy) is 1. The number of aromatic nitrogens is 3. The Hall–Kier alpha value is -9.87. The van der Waals surface area contributed by atoms with Crippen molar-refractivity contribution < 1.29 is 30.9 Å². The summed E-state index contributed by atoms with van der Waals surface area (Å²) in [6, 6.07) is 88.8. The van der Waals surface area contributed by atoms with Crippen LogP contribution >= 0.6 is 0 Å². The number of para-hydroxylation sites is 6. The number of rotatable bonds is 9. The molecule has 0 aliphatic carbocycles. The Morgan fingerprint density at radius 1 is 0.494 bits per heavy atom. The Bertz CT molecular complexity index is 4960. The molecule has 2 aromatic heterocycles. The van der Waals surface area contributed by atoms with E-state index < -0.39 is 23.5 Å². The van der Waals surface area contributed by atoms with Gasteiger partial charge in [-0.3, -0.25) is 0 Å². The van der Waals surface area contributed by atoms with Crippen molar-refractivity contribution in [3.8, 4) is 56.3 Å². The van der Waals surface area contributed by atoms with Gasteiger partial charge in [0.05, 0.1) is 6.85 Å². The Kier molecular flexibility index (Phi) is 11.4. The first-order valence-electron chi connectivity index (χ1n) is 30.9. The SMILES string of the molecule is [2H]c1c([2H])c([2H])c(-c2cnc(N3c4[c-]c(Oc5[c-]c(-n6[c](=[Pt])n(-c7c(-c8ccccc8)cccc7-c7ccccc7)c7ccccc76)ccc5)ccc4C4(c5ccccc53)c3ccccc3N(c3ccc(C(C)(C)C)cc3)c3ccccc34)cc2C)c([2H])c1[2H]. The number of benzene rings is 11. The molecule has 0 saturated heterocycles. The fourth-order valence-corrected chi connectivity index (χ4v) is 13.9. The predicted molar refractivity (Wildman–Crippen MR) is 342 cm³/mol. The van der Waals surface area contributed by atoms with Gasteiger partial charge < -0.3 is 4.90 Å². The number of nitrogens with zero attached hydrogens (tertiary/aromatic N) is 5. The van der Waals surface area contributed by atoms with Crippen molar-refractivity contribution in [3.63, 3.8) is 0 Å². The van der Waals surface area contributed by atoms with Crippen LogP contribution in [0.25, 0.3) is 55.8 Å². The minimum Gasteiger partial charge on any atom is -0.310 e. The topological polar surface area (TPSA) is 38.5 Å². The van der Waals surface area contributed by atoms with Crippen LogP contribution in [0.3, 0.4) is 0 Å². The van der Waals surface area contributed by atoms with Gasteiger partial charge in [0.25, 0.3) is 0 Å². The van der Waals surface area contributed by atoms with Crippen LogP contribution in [0.15, 0.2) is 273 Å². The van der Waals surface area contributed by atoms with Gasteiger partial charge in [-0.15, -0.1) is 0 Å². The second kappa shape index (κ2) is 20.8. The summed E-state index contributed by atoms with van der Waals surface area (Å²) in [7, 11) is 0. The molecule has 0 amide bonds. The van der Waals surface area contributed by atoms with Gasteiger partial charge in [0.15, 0.2) is 0 Å². The molecule has 0 N–H and O–H groups in total. The van der Waals surface area contributed by atoms with Gasteiger partial charge in [-0.2, -0.15) is 0 Å². The van der Waals surface area contributed by atoms with Crippen molar-refractivity contribution in [3.05, 3.63) is 322 Å². The fraction of sp³-hybridized carbons (Fsp3) is 0.0769. The molecule has 2 aliphatic heterocycles. The smallest absolute Gasteiger partial charge is 0.310 e. The third-order valence-electron chi connectivity index (χ3n) is 16.6. The summed E-state index contributed by atoms with van der Waals surface area (Å²) < 4.78 is 55.9. The number of hydrogen-bond acceptors (Lipinski definition) is 4. The fourth-order valence-electron chi connectivity index (χ4n) is 12.8. The van der Waals surface area contributed by atoms with Crippen molar-refractivity contribution in [2.24, 2.45) is 0 Å². The predicted octanol–water partition coefficient (Wildman–Crippen LogP) is 19.8. The zero-order valence-corrected chi connectivity index (χ0v) is 49.3. The number of imidazole rings is 1. The molecule has 0 unspecified atom stereocenters. The van der Waals surface area contributed by atoms with Crippen molar-refractivity contribution >= 4 is 45.3 Å². The van der Waals surface area contributed by atoms with Gasteiger partial charge in [-0.1, -0.05) is 118 Å². The molecular formula is C78H57N5OPt-2. The third-order valence-corrected chi connectivity index (χ3v) is 17.6. The van der Waals surface area contributed by atoms with E-state index in [0.717, 1.165) is 93.5 Å². The van der Waals surface area contributed by atoms with Crippen LogP contribution in [0.5, 0.6) is 11.5 Å². The summed E-state index contributed by atoms with van der Waals surface area (Å²) in [5.74, 6) is 1.46. The molecule has 0 atom stereocenters. The molecule has 4 heterocycles. The van der Waals surface area contributed by atoms with Crippen LogP contribution in [-0.2, 0) is 30.2 Å². The maximum atomic E-state index is 8.94. The first-order chi connectivity index (χ1) is 43.7. The standard InChI is InChI=1S/C78H57N5O.Pt/c1-53-48-75(79-51-64(53)56-28-12-7-13-29-56)83-71-39-19-16-36-67(71)78(65-34-14-17-37-69(65)82(70-38-18-15-35-66(70)78)58-44-42-57(43-45-58)77(2,3)4)68-47-46-61(50-74(68)83)84-60-31-22-30-59(49-60)80-52-81(73-41-21-20-40-72(73)80)76-62(54-24-8-5-9-25-54)32-23-33-63(76)55-26-10-6-11-27-55;/h5-48,51H,1-4H3;/q-2;/i7D,12D,13D,28D,29D;. The van der Waals surface area contributed by atoms with E-state index in [4.69, 9.17) is 16.6 Å². The molecule has 412 valence electrons. The van der Waals surface area contributed by atoms with Crippen molar-refractivity contribution in [2.45, 2.75) is 38.5 Å². The molecular weight excluding hydrogens is 1220 g/mol. The molecule has 2 aliphatic rings. The normalized spacial score (nSPS) is 13.9.